The van der Waals surface area contributed by atoms with E-state index in [0.717, 1.165) is 6.54 Å². The van der Waals surface area contributed by atoms with Crippen LogP contribution in [0.5, 0.6) is 0 Å². The molecule has 4 nitrogen and oxygen atoms in total. The molecular weight excluding hydrogens is 226 g/mol. The van der Waals surface area contributed by atoms with Crippen molar-refractivity contribution < 1.29 is 5.11 Å². The van der Waals surface area contributed by atoms with Crippen molar-refractivity contribution in [2.45, 2.75) is 58.7 Å². The summed E-state index contributed by atoms with van der Waals surface area (Å²) in [6.07, 6.45) is 9.07. The largest absolute Gasteiger partial charge is 0.394 e. The summed E-state index contributed by atoms with van der Waals surface area (Å²) in [7, 11) is 0. The fraction of sp³-hybridized carbons (Fsp3) is 0.786. The van der Waals surface area contributed by atoms with Crippen LogP contribution < -0.4 is 5.32 Å². The molecule has 18 heavy (non-hydrogen) atoms. The van der Waals surface area contributed by atoms with E-state index < -0.39 is 0 Å². The van der Waals surface area contributed by atoms with Crippen LogP contribution in [0.4, 0.5) is 0 Å². The first-order valence-electron chi connectivity index (χ1n) is 6.95. The van der Waals surface area contributed by atoms with Gasteiger partial charge in [0, 0.05) is 24.3 Å². The Morgan fingerprint density at radius 1 is 1.44 bits per heavy atom. The Hall–Kier alpha value is -0.870. The van der Waals surface area contributed by atoms with Gasteiger partial charge in [-0.05, 0) is 31.1 Å². The van der Waals surface area contributed by atoms with E-state index in [1.54, 1.807) is 4.68 Å². The molecule has 1 fully saturated rings. The van der Waals surface area contributed by atoms with Crippen molar-refractivity contribution in [1.29, 1.82) is 0 Å². The third kappa shape index (κ3) is 3.82. The number of aliphatic hydroxyl groups excluding tert-OH is 1. The summed E-state index contributed by atoms with van der Waals surface area (Å²) in [6, 6.07) is 0.652. The van der Waals surface area contributed by atoms with Gasteiger partial charge in [0.25, 0.3) is 0 Å². The first-order valence-corrected chi connectivity index (χ1v) is 6.95. The molecule has 2 rings (SSSR count). The van der Waals surface area contributed by atoms with Crippen LogP contribution in [0.3, 0.4) is 0 Å². The zero-order valence-corrected chi connectivity index (χ0v) is 11.5. The van der Waals surface area contributed by atoms with Gasteiger partial charge in [0.2, 0.25) is 0 Å². The van der Waals surface area contributed by atoms with Gasteiger partial charge in [0.05, 0.1) is 19.3 Å². The lowest BCUT2D eigenvalue weighted by Crippen LogP contribution is -2.35. The molecule has 1 aromatic heterocycles. The van der Waals surface area contributed by atoms with Crippen LogP contribution >= 0.6 is 0 Å². The number of hydrogen-bond donors (Lipinski definition) is 2. The number of nitrogens with one attached hydrogen (secondary N) is 1. The summed E-state index contributed by atoms with van der Waals surface area (Å²) in [5.74, 6) is 0. The highest BCUT2D eigenvalue weighted by Crippen LogP contribution is 2.34. The Kier molecular flexibility index (Phi) is 4.40. The average Bonchev–Trinajstić information content (AvgIpc) is 2.76. The summed E-state index contributed by atoms with van der Waals surface area (Å²) < 4.78 is 1.79. The van der Waals surface area contributed by atoms with Gasteiger partial charge in [-0.15, -0.1) is 0 Å². The highest BCUT2D eigenvalue weighted by atomic mass is 16.3. The van der Waals surface area contributed by atoms with Gasteiger partial charge in [-0.1, -0.05) is 13.8 Å². The minimum absolute atomic E-state index is 0.145. The monoisotopic (exact) mass is 251 g/mol. The molecule has 1 aliphatic rings. The van der Waals surface area contributed by atoms with Gasteiger partial charge in [0.15, 0.2) is 0 Å². The third-order valence-corrected chi connectivity index (χ3v) is 3.95. The molecule has 1 saturated carbocycles. The topological polar surface area (TPSA) is 50.1 Å². The lowest BCUT2D eigenvalue weighted by atomic mass is 9.75. The molecule has 0 amide bonds. The van der Waals surface area contributed by atoms with Crippen molar-refractivity contribution in [3.63, 3.8) is 0 Å². The molecule has 0 aliphatic heterocycles. The molecule has 1 aliphatic carbocycles. The van der Waals surface area contributed by atoms with Gasteiger partial charge in [-0.3, -0.25) is 4.68 Å². The second kappa shape index (κ2) is 5.85. The summed E-state index contributed by atoms with van der Waals surface area (Å²) in [6.45, 7) is 6.34. The SMILES string of the molecule is CC1(C)CCC(NCc2cnn(CCO)c2)CC1. The van der Waals surface area contributed by atoms with E-state index in [2.05, 4.69) is 24.3 Å². The third-order valence-electron chi connectivity index (χ3n) is 3.95. The number of aromatic nitrogens is 2. The fourth-order valence-electron chi connectivity index (χ4n) is 2.59. The van der Waals surface area contributed by atoms with Crippen molar-refractivity contribution in [3.8, 4) is 0 Å². The molecule has 0 bridgehead atoms. The van der Waals surface area contributed by atoms with Crippen LogP contribution in [-0.4, -0.2) is 27.5 Å². The maximum atomic E-state index is 8.84. The van der Waals surface area contributed by atoms with Crippen LogP contribution in [-0.2, 0) is 13.1 Å². The minimum atomic E-state index is 0.145. The van der Waals surface area contributed by atoms with E-state index in [4.69, 9.17) is 5.11 Å². The minimum Gasteiger partial charge on any atom is -0.394 e. The second-order valence-electron chi connectivity index (χ2n) is 6.15. The highest BCUT2D eigenvalue weighted by molar-refractivity contribution is 5.03. The molecule has 0 spiro atoms. The molecule has 4 heteroatoms. The second-order valence-corrected chi connectivity index (χ2v) is 6.15. The van der Waals surface area contributed by atoms with Gasteiger partial charge in [0.1, 0.15) is 0 Å². The van der Waals surface area contributed by atoms with E-state index in [0.29, 0.717) is 18.0 Å². The van der Waals surface area contributed by atoms with Crippen LogP contribution in [0.2, 0.25) is 0 Å². The molecule has 0 saturated heterocycles. The van der Waals surface area contributed by atoms with Gasteiger partial charge in [-0.2, -0.15) is 5.10 Å². The summed E-state index contributed by atoms with van der Waals surface area (Å²) in [4.78, 5) is 0. The molecule has 0 aromatic carbocycles. The van der Waals surface area contributed by atoms with Gasteiger partial charge < -0.3 is 10.4 Å². The first kappa shape index (κ1) is 13.6. The predicted octanol–water partition coefficient (Wildman–Crippen LogP) is 1.93. The van der Waals surface area contributed by atoms with Gasteiger partial charge in [-0.25, -0.2) is 0 Å². The van der Waals surface area contributed by atoms with Crippen molar-refractivity contribution in [3.05, 3.63) is 18.0 Å². The zero-order chi connectivity index (χ0) is 13.0. The Bertz CT molecular complexity index is 363. The quantitative estimate of drug-likeness (QED) is 0.841. The summed E-state index contributed by atoms with van der Waals surface area (Å²) >= 11 is 0. The fourth-order valence-corrected chi connectivity index (χ4v) is 2.59. The molecule has 0 atom stereocenters. The Morgan fingerprint density at radius 2 is 2.17 bits per heavy atom. The molecule has 102 valence electrons. The predicted molar refractivity (Wildman–Crippen MR) is 72.2 cm³/mol. The molecule has 1 aromatic rings. The summed E-state index contributed by atoms with van der Waals surface area (Å²) in [5, 5.41) is 16.7. The van der Waals surface area contributed by atoms with Crippen LogP contribution in [0.25, 0.3) is 0 Å². The van der Waals surface area contributed by atoms with E-state index in [1.807, 2.05) is 12.4 Å². The molecule has 0 radical (unpaired) electrons. The van der Waals surface area contributed by atoms with Gasteiger partial charge >= 0.3 is 0 Å². The Balaban J connectivity index is 1.74. The molecule has 1 heterocycles. The standard InChI is InChI=1S/C14H25N3O/c1-14(2)5-3-13(4-6-14)15-9-12-10-16-17(11-12)7-8-18/h10-11,13,15,18H,3-9H2,1-2H3. The first-order chi connectivity index (χ1) is 8.59. The average molecular weight is 251 g/mol. The number of rotatable bonds is 5. The zero-order valence-electron chi connectivity index (χ0n) is 11.5. The number of aliphatic hydroxyl groups is 1. The highest BCUT2D eigenvalue weighted by Gasteiger charge is 2.26. The van der Waals surface area contributed by atoms with Crippen molar-refractivity contribution in [2.75, 3.05) is 6.61 Å². The molecule has 0 unspecified atom stereocenters. The van der Waals surface area contributed by atoms with E-state index >= 15 is 0 Å². The lowest BCUT2D eigenvalue weighted by molar-refractivity contribution is 0.206. The van der Waals surface area contributed by atoms with Crippen LogP contribution in [0.15, 0.2) is 12.4 Å². The lowest BCUT2D eigenvalue weighted by Gasteiger charge is -2.34. The number of nitrogens with zero attached hydrogens (tertiary/aromatic N) is 2. The van der Waals surface area contributed by atoms with Crippen molar-refractivity contribution in [2.24, 2.45) is 5.41 Å². The number of hydrogen-bond acceptors (Lipinski definition) is 3. The normalized spacial score (nSPS) is 20.2. The van der Waals surface area contributed by atoms with Crippen LogP contribution in [0.1, 0.15) is 45.1 Å². The molecular formula is C14H25N3O. The van der Waals surface area contributed by atoms with E-state index in [1.165, 1.54) is 31.2 Å². The van der Waals surface area contributed by atoms with E-state index in [-0.39, 0.29) is 6.61 Å². The Morgan fingerprint density at radius 3 is 2.83 bits per heavy atom. The smallest absolute Gasteiger partial charge is 0.0640 e. The molecule has 2 N–H and O–H groups in total. The Labute approximate surface area is 109 Å². The maximum Gasteiger partial charge on any atom is 0.0640 e. The summed E-state index contributed by atoms with van der Waals surface area (Å²) in [5.41, 5.74) is 1.73. The maximum absolute atomic E-state index is 8.84. The van der Waals surface area contributed by atoms with Crippen molar-refractivity contribution in [1.82, 2.24) is 15.1 Å². The van der Waals surface area contributed by atoms with E-state index in [9.17, 15) is 0 Å². The van der Waals surface area contributed by atoms with Crippen LogP contribution in [0, 0.1) is 5.41 Å². The van der Waals surface area contributed by atoms with Crippen molar-refractivity contribution >= 4 is 0 Å².